The molecule has 33 heavy (non-hydrogen) atoms. The number of rotatable bonds is 7. The molecule has 168 valence electrons. The number of aryl methyl sites for hydroxylation is 1. The molecule has 0 spiro atoms. The van der Waals surface area contributed by atoms with Crippen LogP contribution in [0.5, 0.6) is 0 Å². The lowest BCUT2D eigenvalue weighted by molar-refractivity contribution is -0.113. The summed E-state index contributed by atoms with van der Waals surface area (Å²) in [5.74, 6) is 0.912. The summed E-state index contributed by atoms with van der Waals surface area (Å²) in [4.78, 5) is 35.0. The van der Waals surface area contributed by atoms with Gasteiger partial charge < -0.3 is 5.32 Å². The van der Waals surface area contributed by atoms with Gasteiger partial charge in [0.1, 0.15) is 5.82 Å². The van der Waals surface area contributed by atoms with Crippen LogP contribution in [0.1, 0.15) is 37.3 Å². The number of thioether (sulfide) groups is 1. The van der Waals surface area contributed by atoms with Crippen LogP contribution in [0.4, 0.5) is 5.69 Å². The second-order valence-electron chi connectivity index (χ2n) is 8.01. The van der Waals surface area contributed by atoms with Gasteiger partial charge in [0.25, 0.3) is 5.56 Å². The van der Waals surface area contributed by atoms with Crippen LogP contribution in [0.2, 0.25) is 0 Å². The third-order valence-corrected chi connectivity index (χ3v) is 6.52. The Balaban J connectivity index is 1.57. The minimum absolute atomic E-state index is 0.115. The molecule has 0 aliphatic rings. The Morgan fingerprint density at radius 3 is 2.55 bits per heavy atom. The van der Waals surface area contributed by atoms with E-state index in [1.807, 2.05) is 49.4 Å². The molecule has 1 N–H and O–H groups in total. The van der Waals surface area contributed by atoms with Crippen LogP contribution in [0, 0.1) is 6.92 Å². The Kier molecular flexibility index (Phi) is 6.89. The minimum Gasteiger partial charge on any atom is -0.325 e. The molecule has 2 aromatic heterocycles. The molecule has 1 amide bonds. The fourth-order valence-corrected chi connectivity index (χ4v) is 4.26. The fraction of sp³-hybridized carbons (Fsp3) is 0.231. The van der Waals surface area contributed by atoms with Crippen molar-refractivity contribution in [1.29, 1.82) is 0 Å². The van der Waals surface area contributed by atoms with Crippen molar-refractivity contribution in [2.75, 3.05) is 11.1 Å². The van der Waals surface area contributed by atoms with Crippen molar-refractivity contribution in [3.8, 4) is 5.82 Å². The number of nitrogens with zero attached hydrogens (tertiary/aromatic N) is 3. The third-order valence-electron chi connectivity index (χ3n) is 5.58. The lowest BCUT2D eigenvalue weighted by Crippen LogP contribution is -2.23. The van der Waals surface area contributed by atoms with Gasteiger partial charge in [-0.2, -0.15) is 0 Å². The Bertz CT molecular complexity index is 1330. The third kappa shape index (κ3) is 5.14. The molecule has 7 heteroatoms. The zero-order valence-electron chi connectivity index (χ0n) is 18.9. The van der Waals surface area contributed by atoms with Crippen LogP contribution in [0.15, 0.2) is 76.8 Å². The molecule has 1 atom stereocenters. The molecule has 4 aromatic rings. The first-order valence-electron chi connectivity index (χ1n) is 10.9. The highest BCUT2D eigenvalue weighted by Crippen LogP contribution is 2.23. The van der Waals surface area contributed by atoms with E-state index in [4.69, 9.17) is 0 Å². The number of para-hydroxylation sites is 1. The lowest BCUT2D eigenvalue weighted by atomic mass is 9.99. The molecular weight excluding hydrogens is 432 g/mol. The number of carbonyl (C=O) groups excluding carboxylic acids is 1. The molecule has 0 bridgehead atoms. The van der Waals surface area contributed by atoms with E-state index in [2.05, 4.69) is 29.1 Å². The van der Waals surface area contributed by atoms with Gasteiger partial charge in [-0.05, 0) is 60.7 Å². The molecule has 0 saturated heterocycles. The number of pyridine rings is 1. The summed E-state index contributed by atoms with van der Waals surface area (Å²) in [6, 6.07) is 18.8. The number of benzene rings is 2. The predicted octanol–water partition coefficient (Wildman–Crippen LogP) is 5.33. The summed E-state index contributed by atoms with van der Waals surface area (Å²) in [5, 5.41) is 3.86. The predicted molar refractivity (Wildman–Crippen MR) is 134 cm³/mol. The van der Waals surface area contributed by atoms with Crippen molar-refractivity contribution in [2.24, 2.45) is 0 Å². The maximum Gasteiger partial charge on any atom is 0.267 e. The molecule has 2 heterocycles. The number of hydrogen-bond acceptors (Lipinski definition) is 5. The van der Waals surface area contributed by atoms with Gasteiger partial charge in [-0.25, -0.2) is 14.5 Å². The monoisotopic (exact) mass is 458 g/mol. The van der Waals surface area contributed by atoms with Gasteiger partial charge in [-0.1, -0.05) is 55.9 Å². The van der Waals surface area contributed by atoms with E-state index in [1.165, 1.54) is 21.9 Å². The Morgan fingerprint density at radius 1 is 1.09 bits per heavy atom. The number of aromatic nitrogens is 3. The molecule has 0 fully saturated rings. The van der Waals surface area contributed by atoms with Gasteiger partial charge in [-0.15, -0.1) is 0 Å². The average Bonchev–Trinajstić information content (AvgIpc) is 2.83. The molecule has 6 nitrogen and oxygen atoms in total. The van der Waals surface area contributed by atoms with E-state index in [0.717, 1.165) is 17.7 Å². The Morgan fingerprint density at radius 2 is 1.85 bits per heavy atom. The highest BCUT2D eigenvalue weighted by atomic mass is 32.2. The average molecular weight is 459 g/mol. The number of amides is 1. The van der Waals surface area contributed by atoms with Crippen LogP contribution in [-0.2, 0) is 4.79 Å². The maximum atomic E-state index is 13.3. The Hall–Kier alpha value is -3.45. The molecule has 0 radical (unpaired) electrons. The highest BCUT2D eigenvalue weighted by Gasteiger charge is 2.16. The zero-order chi connectivity index (χ0) is 23.4. The van der Waals surface area contributed by atoms with Gasteiger partial charge >= 0.3 is 0 Å². The van der Waals surface area contributed by atoms with Gasteiger partial charge in [0.15, 0.2) is 5.16 Å². The summed E-state index contributed by atoms with van der Waals surface area (Å²) in [7, 11) is 0. The number of carbonyl (C=O) groups is 1. The van der Waals surface area contributed by atoms with Crippen LogP contribution in [0.25, 0.3) is 16.7 Å². The van der Waals surface area contributed by atoms with E-state index in [0.29, 0.717) is 27.8 Å². The molecule has 2 aromatic carbocycles. The normalized spacial score (nSPS) is 12.0. The van der Waals surface area contributed by atoms with Gasteiger partial charge in [0.05, 0.1) is 16.7 Å². The smallest absolute Gasteiger partial charge is 0.267 e. The van der Waals surface area contributed by atoms with Crippen molar-refractivity contribution in [2.45, 2.75) is 38.3 Å². The minimum atomic E-state index is -0.208. The van der Waals surface area contributed by atoms with Crippen molar-refractivity contribution in [3.63, 3.8) is 0 Å². The van der Waals surface area contributed by atoms with E-state index >= 15 is 0 Å². The van der Waals surface area contributed by atoms with E-state index in [9.17, 15) is 9.59 Å². The number of anilines is 1. The SMILES string of the molecule is CCC(C)c1ccc(NC(=O)CSc2nc3ccccc3c(=O)n2-c2ccc(C)cn2)cc1. The van der Waals surface area contributed by atoms with Crippen LogP contribution in [0.3, 0.4) is 0 Å². The second kappa shape index (κ2) is 10.0. The topological polar surface area (TPSA) is 76.9 Å². The van der Waals surface area contributed by atoms with Crippen LogP contribution >= 0.6 is 11.8 Å². The molecule has 0 saturated carbocycles. The number of hydrogen-bond donors (Lipinski definition) is 1. The molecule has 0 aliphatic heterocycles. The summed E-state index contributed by atoms with van der Waals surface area (Å²) in [6.45, 7) is 6.28. The van der Waals surface area contributed by atoms with Gasteiger partial charge in [-0.3, -0.25) is 9.59 Å². The summed E-state index contributed by atoms with van der Waals surface area (Å²) in [5.41, 5.74) is 3.37. The van der Waals surface area contributed by atoms with E-state index < -0.39 is 0 Å². The van der Waals surface area contributed by atoms with Crippen molar-refractivity contribution in [1.82, 2.24) is 14.5 Å². The second-order valence-corrected chi connectivity index (χ2v) is 8.96. The highest BCUT2D eigenvalue weighted by molar-refractivity contribution is 7.99. The zero-order valence-corrected chi connectivity index (χ0v) is 19.7. The molecule has 4 rings (SSSR count). The summed E-state index contributed by atoms with van der Waals surface area (Å²) < 4.78 is 1.47. The first-order valence-corrected chi connectivity index (χ1v) is 11.9. The summed E-state index contributed by atoms with van der Waals surface area (Å²) >= 11 is 1.21. The van der Waals surface area contributed by atoms with E-state index in [-0.39, 0.29) is 17.2 Å². The van der Waals surface area contributed by atoms with Crippen LogP contribution in [-0.4, -0.2) is 26.2 Å². The fourth-order valence-electron chi connectivity index (χ4n) is 3.46. The largest absolute Gasteiger partial charge is 0.325 e. The van der Waals surface area contributed by atoms with Crippen molar-refractivity contribution < 1.29 is 4.79 Å². The number of nitrogens with one attached hydrogen (secondary N) is 1. The molecule has 1 unspecified atom stereocenters. The molecular formula is C26H26N4O2S. The van der Waals surface area contributed by atoms with Crippen LogP contribution < -0.4 is 10.9 Å². The maximum absolute atomic E-state index is 13.3. The van der Waals surface area contributed by atoms with Crippen molar-refractivity contribution in [3.05, 3.63) is 88.3 Å². The number of fused-ring (bicyclic) bond motifs is 1. The lowest BCUT2D eigenvalue weighted by Gasteiger charge is -2.13. The van der Waals surface area contributed by atoms with E-state index in [1.54, 1.807) is 24.4 Å². The van der Waals surface area contributed by atoms with Gasteiger partial charge in [0.2, 0.25) is 5.91 Å². The first kappa shape index (κ1) is 22.7. The standard InChI is InChI=1S/C26H26N4O2S/c1-4-18(3)19-10-12-20(13-11-19)28-24(31)16-33-26-29-22-8-6-5-7-21(22)25(32)30(26)23-14-9-17(2)15-27-23/h5-15,18H,4,16H2,1-3H3,(H,28,31). The Labute approximate surface area is 197 Å². The first-order chi connectivity index (χ1) is 16.0. The summed E-state index contributed by atoms with van der Waals surface area (Å²) in [6.07, 6.45) is 2.78. The molecule has 0 aliphatic carbocycles. The van der Waals surface area contributed by atoms with Gasteiger partial charge in [0, 0.05) is 11.9 Å². The quantitative estimate of drug-likeness (QED) is 0.299. The van der Waals surface area contributed by atoms with Crippen molar-refractivity contribution >= 4 is 34.3 Å².